The fourth-order valence-corrected chi connectivity index (χ4v) is 3.12. The Balaban J connectivity index is 1.59. The second kappa shape index (κ2) is 9.94. The molecular formula is C19H27N2O3+. The number of benzene rings is 1. The highest BCUT2D eigenvalue weighted by Gasteiger charge is 2.27. The number of hydrogen-bond acceptors (Lipinski definition) is 4. The normalized spacial score (nSPS) is 20.2. The van der Waals surface area contributed by atoms with E-state index in [1.807, 2.05) is 25.1 Å². The van der Waals surface area contributed by atoms with E-state index in [9.17, 15) is 4.79 Å². The minimum Gasteiger partial charge on any atom is -0.492 e. The van der Waals surface area contributed by atoms with Crippen LogP contribution in [0.2, 0.25) is 0 Å². The summed E-state index contributed by atoms with van der Waals surface area (Å²) in [4.78, 5) is 13.3. The van der Waals surface area contributed by atoms with Gasteiger partial charge in [0, 0.05) is 12.8 Å². The van der Waals surface area contributed by atoms with Gasteiger partial charge in [0.2, 0.25) is 0 Å². The molecular weight excluding hydrogens is 304 g/mol. The third kappa shape index (κ3) is 5.54. The van der Waals surface area contributed by atoms with Crippen LogP contribution in [-0.2, 0) is 9.53 Å². The molecule has 0 bridgehead atoms. The molecule has 0 aromatic heterocycles. The van der Waals surface area contributed by atoms with Crippen molar-refractivity contribution in [2.75, 3.05) is 32.8 Å². The number of unbranched alkanes of at least 4 members (excludes halogenated alkanes) is 1. The number of nitriles is 1. The van der Waals surface area contributed by atoms with Crippen LogP contribution in [0.25, 0.3) is 0 Å². The van der Waals surface area contributed by atoms with E-state index in [1.54, 1.807) is 11.0 Å². The number of carbonyl (C=O) groups excluding carboxylic acids is 1. The first-order chi connectivity index (χ1) is 11.7. The van der Waals surface area contributed by atoms with Gasteiger partial charge in [0.05, 0.1) is 44.3 Å². The minimum absolute atomic E-state index is 0.0268. The van der Waals surface area contributed by atoms with Gasteiger partial charge in [-0.1, -0.05) is 12.1 Å². The zero-order chi connectivity index (χ0) is 17.2. The monoisotopic (exact) mass is 331 g/mol. The van der Waals surface area contributed by atoms with Gasteiger partial charge in [0.25, 0.3) is 0 Å². The lowest BCUT2D eigenvalue weighted by Gasteiger charge is -2.28. The Morgan fingerprint density at radius 1 is 1.29 bits per heavy atom. The number of hydrogen-bond donors (Lipinski definition) is 1. The smallest absolute Gasteiger partial charge is 0.309 e. The molecule has 0 amide bonds. The second-order valence-electron chi connectivity index (χ2n) is 6.19. The van der Waals surface area contributed by atoms with E-state index in [4.69, 9.17) is 14.7 Å². The number of quaternary nitrogens is 1. The Kier molecular flexibility index (Phi) is 7.57. The lowest BCUT2D eigenvalue weighted by molar-refractivity contribution is -0.906. The van der Waals surface area contributed by atoms with E-state index in [-0.39, 0.29) is 11.9 Å². The molecule has 1 aromatic rings. The maximum Gasteiger partial charge on any atom is 0.309 e. The molecule has 0 spiro atoms. The first-order valence-corrected chi connectivity index (χ1v) is 8.86. The molecule has 130 valence electrons. The van der Waals surface area contributed by atoms with Gasteiger partial charge in [-0.15, -0.1) is 0 Å². The van der Waals surface area contributed by atoms with Crippen LogP contribution < -0.4 is 9.64 Å². The fourth-order valence-electron chi connectivity index (χ4n) is 3.12. The van der Waals surface area contributed by atoms with Crippen LogP contribution in [0.5, 0.6) is 5.75 Å². The van der Waals surface area contributed by atoms with E-state index in [2.05, 4.69) is 6.07 Å². The number of rotatable bonds is 8. The summed E-state index contributed by atoms with van der Waals surface area (Å²) in [6.45, 7) is 6.16. The number of para-hydroxylation sites is 1. The van der Waals surface area contributed by atoms with E-state index < -0.39 is 0 Å². The molecule has 1 saturated heterocycles. The van der Waals surface area contributed by atoms with Crippen molar-refractivity contribution in [3.63, 3.8) is 0 Å². The SMILES string of the molecule is CCOC(=O)C1CC[NH+](CCCCOc2ccccc2C#N)CC1. The van der Waals surface area contributed by atoms with E-state index in [0.29, 0.717) is 24.5 Å². The Labute approximate surface area is 144 Å². The molecule has 2 rings (SSSR count). The maximum atomic E-state index is 11.7. The number of nitrogens with zero attached hydrogens (tertiary/aromatic N) is 1. The third-order valence-corrected chi connectivity index (χ3v) is 4.50. The number of carbonyl (C=O) groups is 1. The van der Waals surface area contributed by atoms with Gasteiger partial charge in [0.1, 0.15) is 11.8 Å². The zero-order valence-electron chi connectivity index (χ0n) is 14.4. The zero-order valence-corrected chi connectivity index (χ0v) is 14.4. The first kappa shape index (κ1) is 18.3. The van der Waals surface area contributed by atoms with Gasteiger partial charge in [-0.2, -0.15) is 5.26 Å². The van der Waals surface area contributed by atoms with Crippen LogP contribution in [0.4, 0.5) is 0 Å². The highest BCUT2D eigenvalue weighted by atomic mass is 16.5. The Hall–Kier alpha value is -2.06. The van der Waals surface area contributed by atoms with Crippen LogP contribution in [0.3, 0.4) is 0 Å². The van der Waals surface area contributed by atoms with Crippen molar-refractivity contribution in [1.82, 2.24) is 0 Å². The molecule has 0 radical (unpaired) electrons. The van der Waals surface area contributed by atoms with Gasteiger partial charge >= 0.3 is 5.97 Å². The van der Waals surface area contributed by atoms with E-state index >= 15 is 0 Å². The summed E-state index contributed by atoms with van der Waals surface area (Å²) in [7, 11) is 0. The van der Waals surface area contributed by atoms with Crippen LogP contribution in [0.15, 0.2) is 24.3 Å². The number of esters is 1. The molecule has 1 aliphatic rings. The molecule has 1 aliphatic heterocycles. The standard InChI is InChI=1S/C19H26N2O3/c1-2-23-19(22)16-9-12-21(13-10-16)11-5-6-14-24-18-8-4-3-7-17(18)15-20/h3-4,7-8,16H,2,5-6,9-14H2,1H3/p+1. The van der Waals surface area contributed by atoms with E-state index in [0.717, 1.165) is 45.3 Å². The topological polar surface area (TPSA) is 63.8 Å². The van der Waals surface area contributed by atoms with Crippen molar-refractivity contribution in [3.05, 3.63) is 29.8 Å². The van der Waals surface area contributed by atoms with Gasteiger partial charge in [-0.3, -0.25) is 4.79 Å². The fraction of sp³-hybridized carbons (Fsp3) is 0.579. The summed E-state index contributed by atoms with van der Waals surface area (Å²) >= 11 is 0. The Morgan fingerprint density at radius 2 is 2.04 bits per heavy atom. The summed E-state index contributed by atoms with van der Waals surface area (Å²) in [6.07, 6.45) is 3.93. The number of piperidine rings is 1. The highest BCUT2D eigenvalue weighted by molar-refractivity contribution is 5.72. The van der Waals surface area contributed by atoms with Gasteiger partial charge in [-0.05, 0) is 31.9 Å². The Morgan fingerprint density at radius 3 is 2.75 bits per heavy atom. The molecule has 0 unspecified atom stereocenters. The van der Waals surface area contributed by atoms with Crippen molar-refractivity contribution in [2.45, 2.75) is 32.6 Å². The minimum atomic E-state index is -0.0268. The lowest BCUT2D eigenvalue weighted by atomic mass is 9.97. The van der Waals surface area contributed by atoms with Crippen molar-refractivity contribution in [1.29, 1.82) is 5.26 Å². The Bertz CT molecular complexity index is 560. The third-order valence-electron chi connectivity index (χ3n) is 4.50. The van der Waals surface area contributed by atoms with Crippen molar-refractivity contribution >= 4 is 5.97 Å². The van der Waals surface area contributed by atoms with Gasteiger partial charge < -0.3 is 14.4 Å². The number of ether oxygens (including phenoxy) is 2. The van der Waals surface area contributed by atoms with Crippen molar-refractivity contribution in [3.8, 4) is 11.8 Å². The molecule has 0 atom stereocenters. The molecule has 24 heavy (non-hydrogen) atoms. The second-order valence-corrected chi connectivity index (χ2v) is 6.19. The average Bonchev–Trinajstić information content (AvgIpc) is 2.62. The van der Waals surface area contributed by atoms with Crippen LogP contribution in [0, 0.1) is 17.2 Å². The van der Waals surface area contributed by atoms with Crippen LogP contribution in [0.1, 0.15) is 38.2 Å². The summed E-state index contributed by atoms with van der Waals surface area (Å²) < 4.78 is 10.8. The van der Waals surface area contributed by atoms with E-state index in [1.165, 1.54) is 0 Å². The molecule has 0 saturated carbocycles. The molecule has 1 fully saturated rings. The van der Waals surface area contributed by atoms with Gasteiger partial charge in [0.15, 0.2) is 0 Å². The van der Waals surface area contributed by atoms with Crippen molar-refractivity contribution < 1.29 is 19.2 Å². The maximum absolute atomic E-state index is 11.7. The van der Waals surface area contributed by atoms with Crippen LogP contribution >= 0.6 is 0 Å². The highest BCUT2D eigenvalue weighted by Crippen LogP contribution is 2.16. The van der Waals surface area contributed by atoms with Crippen molar-refractivity contribution in [2.24, 2.45) is 5.92 Å². The summed E-state index contributed by atoms with van der Waals surface area (Å²) in [5.41, 5.74) is 0.587. The molecule has 1 heterocycles. The molecule has 1 N–H and O–H groups in total. The molecule has 5 heteroatoms. The average molecular weight is 331 g/mol. The quantitative estimate of drug-likeness (QED) is 0.580. The lowest BCUT2D eigenvalue weighted by Crippen LogP contribution is -3.13. The summed E-state index contributed by atoms with van der Waals surface area (Å²) in [5.74, 6) is 0.739. The molecule has 1 aromatic carbocycles. The predicted molar refractivity (Wildman–Crippen MR) is 90.8 cm³/mol. The number of likely N-dealkylation sites (tertiary alicyclic amines) is 1. The molecule has 5 nitrogen and oxygen atoms in total. The number of nitrogens with one attached hydrogen (secondary N) is 1. The summed E-state index contributed by atoms with van der Waals surface area (Å²) in [5, 5.41) is 9.02. The van der Waals surface area contributed by atoms with Gasteiger partial charge in [-0.25, -0.2) is 0 Å². The largest absolute Gasteiger partial charge is 0.492 e. The first-order valence-electron chi connectivity index (χ1n) is 8.86. The van der Waals surface area contributed by atoms with Crippen LogP contribution in [-0.4, -0.2) is 38.8 Å². The molecule has 0 aliphatic carbocycles. The summed E-state index contributed by atoms with van der Waals surface area (Å²) in [6, 6.07) is 9.48. The predicted octanol–water partition coefficient (Wildman–Crippen LogP) is 1.58.